The zero-order valence-electron chi connectivity index (χ0n) is 9.38. The predicted octanol–water partition coefficient (Wildman–Crippen LogP) is 0.628. The summed E-state index contributed by atoms with van der Waals surface area (Å²) in [5.41, 5.74) is 3.45. The molecule has 1 heterocycles. The largest absolute Gasteiger partial charge is 0.444 e. The fraction of sp³-hybridized carbons (Fsp3) is 0.900. The number of nitrogens with zero attached hydrogens (tertiary/aromatic N) is 1. The van der Waals surface area contributed by atoms with Crippen LogP contribution in [0.5, 0.6) is 0 Å². The Morgan fingerprint density at radius 1 is 1.57 bits per heavy atom. The third kappa shape index (κ3) is 2.87. The number of rotatable bonds is 1. The standard InChI is InChI=1S/C10H20N2O2/c1-10(2,3)14-9(13)12-6-4-5-8(12)7-11/h8H,4-7,11H2,1-3H3/p+1/t8-/m1/s1. The van der Waals surface area contributed by atoms with E-state index in [0.717, 1.165) is 25.9 Å². The number of carbonyl (C=O) groups excluding carboxylic acids is 1. The Balaban J connectivity index is 2.52. The first-order valence-corrected chi connectivity index (χ1v) is 5.23. The summed E-state index contributed by atoms with van der Waals surface area (Å²) < 4.78 is 5.31. The van der Waals surface area contributed by atoms with E-state index in [0.29, 0.717) is 0 Å². The van der Waals surface area contributed by atoms with Crippen LogP contribution in [-0.4, -0.2) is 35.7 Å². The Kier molecular flexibility index (Phi) is 3.37. The molecule has 1 aliphatic heterocycles. The Morgan fingerprint density at radius 3 is 2.71 bits per heavy atom. The van der Waals surface area contributed by atoms with Gasteiger partial charge in [0.25, 0.3) is 0 Å². The molecule has 4 nitrogen and oxygen atoms in total. The molecule has 0 radical (unpaired) electrons. The summed E-state index contributed by atoms with van der Waals surface area (Å²) in [6.07, 6.45) is 1.94. The maximum Gasteiger partial charge on any atom is 0.410 e. The zero-order chi connectivity index (χ0) is 10.8. The smallest absolute Gasteiger partial charge is 0.410 e. The van der Waals surface area contributed by atoms with Gasteiger partial charge in [0.2, 0.25) is 0 Å². The number of hydrogen-bond donors (Lipinski definition) is 1. The monoisotopic (exact) mass is 201 g/mol. The molecule has 0 aliphatic carbocycles. The second-order valence-corrected chi connectivity index (χ2v) is 4.76. The molecule has 0 bridgehead atoms. The molecule has 1 fully saturated rings. The SMILES string of the molecule is CC(C)(C)OC(=O)N1CCC[C@@H]1C[NH3+]. The van der Waals surface area contributed by atoms with Crippen LogP contribution >= 0.6 is 0 Å². The lowest BCUT2D eigenvalue weighted by molar-refractivity contribution is -0.376. The molecule has 82 valence electrons. The van der Waals surface area contributed by atoms with Crippen molar-refractivity contribution < 1.29 is 15.3 Å². The normalized spacial score (nSPS) is 22.6. The molecule has 0 aromatic rings. The van der Waals surface area contributed by atoms with Gasteiger partial charge in [-0.3, -0.25) is 4.90 Å². The molecule has 4 heteroatoms. The fourth-order valence-corrected chi connectivity index (χ4v) is 1.70. The highest BCUT2D eigenvalue weighted by atomic mass is 16.6. The molecule has 0 aromatic heterocycles. The van der Waals surface area contributed by atoms with Gasteiger partial charge < -0.3 is 10.5 Å². The maximum atomic E-state index is 11.7. The van der Waals surface area contributed by atoms with Gasteiger partial charge in [0, 0.05) is 6.54 Å². The molecular weight excluding hydrogens is 180 g/mol. The van der Waals surface area contributed by atoms with Gasteiger partial charge in [-0.05, 0) is 33.6 Å². The fourth-order valence-electron chi connectivity index (χ4n) is 1.70. The van der Waals surface area contributed by atoms with Crippen LogP contribution in [0.4, 0.5) is 4.79 Å². The minimum atomic E-state index is -0.397. The van der Waals surface area contributed by atoms with Crippen LogP contribution < -0.4 is 5.73 Å². The van der Waals surface area contributed by atoms with Gasteiger partial charge in [0.15, 0.2) is 0 Å². The van der Waals surface area contributed by atoms with E-state index in [4.69, 9.17) is 4.74 Å². The maximum absolute atomic E-state index is 11.7. The summed E-state index contributed by atoms with van der Waals surface area (Å²) in [6, 6.07) is 0.282. The van der Waals surface area contributed by atoms with Crippen molar-refractivity contribution in [1.29, 1.82) is 0 Å². The summed E-state index contributed by atoms with van der Waals surface area (Å²) >= 11 is 0. The Bertz CT molecular complexity index is 211. The van der Waals surface area contributed by atoms with E-state index >= 15 is 0 Å². The number of ether oxygens (including phenoxy) is 1. The lowest BCUT2D eigenvalue weighted by Gasteiger charge is -2.27. The van der Waals surface area contributed by atoms with Crippen LogP contribution in [0.3, 0.4) is 0 Å². The summed E-state index contributed by atoms with van der Waals surface area (Å²) in [5, 5.41) is 0. The summed E-state index contributed by atoms with van der Waals surface area (Å²) in [4.78, 5) is 13.5. The highest BCUT2D eigenvalue weighted by Gasteiger charge is 2.32. The van der Waals surface area contributed by atoms with Crippen molar-refractivity contribution in [3.8, 4) is 0 Å². The zero-order valence-corrected chi connectivity index (χ0v) is 9.38. The minimum Gasteiger partial charge on any atom is -0.444 e. The van der Waals surface area contributed by atoms with Crippen molar-refractivity contribution >= 4 is 6.09 Å². The van der Waals surface area contributed by atoms with Gasteiger partial charge in [0.1, 0.15) is 5.60 Å². The molecule has 0 aromatic carbocycles. The predicted molar refractivity (Wildman–Crippen MR) is 53.7 cm³/mol. The van der Waals surface area contributed by atoms with Gasteiger partial charge >= 0.3 is 6.09 Å². The molecule has 0 unspecified atom stereocenters. The van der Waals surface area contributed by atoms with Crippen molar-refractivity contribution in [2.75, 3.05) is 13.1 Å². The molecule has 1 amide bonds. The number of carbonyl (C=O) groups is 1. The highest BCUT2D eigenvalue weighted by molar-refractivity contribution is 5.68. The summed E-state index contributed by atoms with van der Waals surface area (Å²) in [5.74, 6) is 0. The van der Waals surface area contributed by atoms with Gasteiger partial charge in [0.05, 0.1) is 12.6 Å². The lowest BCUT2D eigenvalue weighted by Crippen LogP contribution is -2.59. The molecule has 1 rings (SSSR count). The van der Waals surface area contributed by atoms with Gasteiger partial charge in [-0.25, -0.2) is 4.79 Å². The van der Waals surface area contributed by atoms with Crippen LogP contribution in [0.15, 0.2) is 0 Å². The van der Waals surface area contributed by atoms with E-state index in [2.05, 4.69) is 5.73 Å². The molecule has 1 aliphatic rings. The first kappa shape index (κ1) is 11.3. The molecular formula is C10H21N2O2+. The Labute approximate surface area is 85.4 Å². The van der Waals surface area contributed by atoms with Crippen molar-refractivity contribution in [1.82, 2.24) is 4.90 Å². The first-order chi connectivity index (χ1) is 6.44. The Morgan fingerprint density at radius 2 is 2.21 bits per heavy atom. The number of amides is 1. The number of likely N-dealkylation sites (tertiary alicyclic amines) is 1. The van der Waals surface area contributed by atoms with Crippen molar-refractivity contribution in [3.05, 3.63) is 0 Å². The van der Waals surface area contributed by atoms with Crippen LogP contribution in [-0.2, 0) is 4.74 Å². The molecule has 3 N–H and O–H groups in total. The summed E-state index contributed by atoms with van der Waals surface area (Å²) in [7, 11) is 0. The van der Waals surface area contributed by atoms with E-state index in [1.807, 2.05) is 20.8 Å². The highest BCUT2D eigenvalue weighted by Crippen LogP contribution is 2.19. The van der Waals surface area contributed by atoms with Crippen molar-refractivity contribution in [2.45, 2.75) is 45.3 Å². The Hall–Kier alpha value is -0.770. The number of hydrogen-bond acceptors (Lipinski definition) is 2. The molecule has 0 spiro atoms. The van der Waals surface area contributed by atoms with E-state index in [1.54, 1.807) is 4.90 Å². The summed E-state index contributed by atoms with van der Waals surface area (Å²) in [6.45, 7) is 7.26. The minimum absolute atomic E-state index is 0.191. The molecule has 14 heavy (non-hydrogen) atoms. The van der Waals surface area contributed by atoms with Crippen molar-refractivity contribution in [3.63, 3.8) is 0 Å². The van der Waals surface area contributed by atoms with Crippen LogP contribution in [0.25, 0.3) is 0 Å². The van der Waals surface area contributed by atoms with E-state index < -0.39 is 5.60 Å². The van der Waals surface area contributed by atoms with Crippen molar-refractivity contribution in [2.24, 2.45) is 0 Å². The lowest BCUT2D eigenvalue weighted by atomic mass is 10.2. The topological polar surface area (TPSA) is 57.2 Å². The second-order valence-electron chi connectivity index (χ2n) is 4.76. The van der Waals surface area contributed by atoms with E-state index in [9.17, 15) is 4.79 Å². The quantitative estimate of drug-likeness (QED) is 0.676. The van der Waals surface area contributed by atoms with Gasteiger partial charge in [-0.15, -0.1) is 0 Å². The second kappa shape index (κ2) is 4.17. The average Bonchev–Trinajstić information content (AvgIpc) is 2.47. The molecule has 0 saturated carbocycles. The van der Waals surface area contributed by atoms with E-state index in [-0.39, 0.29) is 12.1 Å². The van der Waals surface area contributed by atoms with Gasteiger partial charge in [-0.2, -0.15) is 0 Å². The van der Waals surface area contributed by atoms with Crippen LogP contribution in [0.2, 0.25) is 0 Å². The molecule has 1 atom stereocenters. The van der Waals surface area contributed by atoms with Gasteiger partial charge in [-0.1, -0.05) is 0 Å². The third-order valence-electron chi connectivity index (χ3n) is 2.34. The van der Waals surface area contributed by atoms with E-state index in [1.165, 1.54) is 0 Å². The first-order valence-electron chi connectivity index (χ1n) is 5.23. The molecule has 1 saturated heterocycles. The van der Waals surface area contributed by atoms with Crippen LogP contribution in [0.1, 0.15) is 33.6 Å². The average molecular weight is 201 g/mol. The third-order valence-corrected chi connectivity index (χ3v) is 2.34. The van der Waals surface area contributed by atoms with Crippen LogP contribution in [0, 0.1) is 0 Å². The number of quaternary nitrogens is 1.